The normalized spacial score (nSPS) is 19.3. The van der Waals surface area contributed by atoms with Gasteiger partial charge in [0.25, 0.3) is 0 Å². The summed E-state index contributed by atoms with van der Waals surface area (Å²) >= 11 is 0. The molecule has 3 nitrogen and oxygen atoms in total. The molecule has 1 saturated heterocycles. The van der Waals surface area contributed by atoms with Crippen LogP contribution >= 0.6 is 0 Å². The molecular formula is C15H18N2O. The van der Waals surface area contributed by atoms with E-state index in [1.54, 1.807) is 0 Å². The van der Waals surface area contributed by atoms with Gasteiger partial charge in [-0.15, -0.1) is 0 Å². The van der Waals surface area contributed by atoms with E-state index in [1.165, 1.54) is 16.6 Å². The lowest BCUT2D eigenvalue weighted by Crippen LogP contribution is -2.20. The third kappa shape index (κ3) is 1.95. The second-order valence-corrected chi connectivity index (χ2v) is 4.92. The lowest BCUT2D eigenvalue weighted by molar-refractivity contribution is 0.195. The van der Waals surface area contributed by atoms with Crippen molar-refractivity contribution in [1.82, 2.24) is 4.98 Å². The molecule has 3 rings (SSSR count). The molecule has 1 aromatic carbocycles. The summed E-state index contributed by atoms with van der Waals surface area (Å²) in [7, 11) is 0. The molecule has 94 valence electrons. The lowest BCUT2D eigenvalue weighted by Gasteiger charge is -2.18. The van der Waals surface area contributed by atoms with E-state index in [-0.39, 0.29) is 0 Å². The van der Waals surface area contributed by atoms with E-state index in [2.05, 4.69) is 42.3 Å². The highest BCUT2D eigenvalue weighted by atomic mass is 16.5. The van der Waals surface area contributed by atoms with Crippen molar-refractivity contribution in [2.24, 2.45) is 0 Å². The van der Waals surface area contributed by atoms with E-state index >= 15 is 0 Å². The number of para-hydroxylation sites is 1. The number of fused-ring (bicyclic) bond motifs is 1. The number of nitrogens with one attached hydrogen (secondary N) is 1. The molecule has 0 bridgehead atoms. The van der Waals surface area contributed by atoms with E-state index in [0.29, 0.717) is 6.04 Å². The SMILES string of the molecule is Cc1nc2ccccc2c(NC2CCOC2)c1C. The first-order chi connectivity index (χ1) is 8.75. The van der Waals surface area contributed by atoms with Gasteiger partial charge >= 0.3 is 0 Å². The second-order valence-electron chi connectivity index (χ2n) is 4.92. The summed E-state index contributed by atoms with van der Waals surface area (Å²) in [5.41, 5.74) is 4.60. The molecule has 0 spiro atoms. The first-order valence-electron chi connectivity index (χ1n) is 6.46. The fourth-order valence-corrected chi connectivity index (χ4v) is 2.47. The van der Waals surface area contributed by atoms with Gasteiger partial charge in [-0.3, -0.25) is 4.98 Å². The summed E-state index contributed by atoms with van der Waals surface area (Å²) in [6.45, 7) is 5.86. The molecule has 2 heterocycles. The molecule has 1 aliphatic heterocycles. The molecular weight excluding hydrogens is 224 g/mol. The van der Waals surface area contributed by atoms with Gasteiger partial charge in [0.2, 0.25) is 0 Å². The van der Waals surface area contributed by atoms with Gasteiger partial charge in [0.15, 0.2) is 0 Å². The number of hydrogen-bond donors (Lipinski definition) is 1. The van der Waals surface area contributed by atoms with Crippen LogP contribution in [-0.2, 0) is 4.74 Å². The van der Waals surface area contributed by atoms with E-state index in [1.807, 2.05) is 6.07 Å². The van der Waals surface area contributed by atoms with Crippen LogP contribution in [0, 0.1) is 13.8 Å². The Labute approximate surface area is 107 Å². The first kappa shape index (κ1) is 11.5. The second kappa shape index (κ2) is 4.58. The average molecular weight is 242 g/mol. The zero-order valence-corrected chi connectivity index (χ0v) is 10.9. The number of ether oxygens (including phenoxy) is 1. The van der Waals surface area contributed by atoms with Gasteiger partial charge < -0.3 is 10.1 Å². The third-order valence-corrected chi connectivity index (χ3v) is 3.66. The monoisotopic (exact) mass is 242 g/mol. The van der Waals surface area contributed by atoms with Crippen LogP contribution in [0.1, 0.15) is 17.7 Å². The molecule has 1 aliphatic rings. The summed E-state index contributed by atoms with van der Waals surface area (Å²) < 4.78 is 5.43. The Bertz CT molecular complexity index is 574. The maximum atomic E-state index is 5.43. The third-order valence-electron chi connectivity index (χ3n) is 3.66. The highest BCUT2D eigenvalue weighted by Crippen LogP contribution is 2.29. The van der Waals surface area contributed by atoms with Crippen molar-refractivity contribution in [3.05, 3.63) is 35.5 Å². The van der Waals surface area contributed by atoms with Gasteiger partial charge in [0.1, 0.15) is 0 Å². The predicted octanol–water partition coefficient (Wildman–Crippen LogP) is 3.05. The highest BCUT2D eigenvalue weighted by Gasteiger charge is 2.18. The van der Waals surface area contributed by atoms with Gasteiger partial charge in [-0.25, -0.2) is 0 Å². The number of benzene rings is 1. The van der Waals surface area contributed by atoms with Gasteiger partial charge in [0.05, 0.1) is 18.2 Å². The van der Waals surface area contributed by atoms with Crippen molar-refractivity contribution in [3.8, 4) is 0 Å². The number of hydrogen-bond acceptors (Lipinski definition) is 3. The van der Waals surface area contributed by atoms with Gasteiger partial charge in [0, 0.05) is 23.4 Å². The number of rotatable bonds is 2. The quantitative estimate of drug-likeness (QED) is 0.879. The average Bonchev–Trinajstić information content (AvgIpc) is 2.88. The number of anilines is 1. The van der Waals surface area contributed by atoms with Crippen molar-refractivity contribution in [2.75, 3.05) is 18.5 Å². The molecule has 0 aliphatic carbocycles. The van der Waals surface area contributed by atoms with Crippen molar-refractivity contribution in [1.29, 1.82) is 0 Å². The van der Waals surface area contributed by atoms with Crippen molar-refractivity contribution in [2.45, 2.75) is 26.3 Å². The molecule has 18 heavy (non-hydrogen) atoms. The van der Waals surface area contributed by atoms with Crippen LogP contribution in [0.25, 0.3) is 10.9 Å². The predicted molar refractivity (Wildman–Crippen MR) is 74.1 cm³/mol. The number of pyridine rings is 1. The molecule has 0 amide bonds. The maximum Gasteiger partial charge on any atom is 0.0726 e. The molecule has 1 fully saturated rings. The molecule has 0 saturated carbocycles. The summed E-state index contributed by atoms with van der Waals surface area (Å²) in [5, 5.41) is 4.83. The molecule has 0 radical (unpaired) electrons. The minimum Gasteiger partial charge on any atom is -0.379 e. The van der Waals surface area contributed by atoms with E-state index < -0.39 is 0 Å². The summed E-state index contributed by atoms with van der Waals surface area (Å²) in [6, 6.07) is 8.72. The Morgan fingerprint density at radius 1 is 1.28 bits per heavy atom. The van der Waals surface area contributed by atoms with Crippen LogP contribution < -0.4 is 5.32 Å². The number of aryl methyl sites for hydroxylation is 1. The van der Waals surface area contributed by atoms with E-state index in [0.717, 1.165) is 30.8 Å². The van der Waals surface area contributed by atoms with Crippen LogP contribution in [0.15, 0.2) is 24.3 Å². The molecule has 1 N–H and O–H groups in total. The smallest absolute Gasteiger partial charge is 0.0726 e. The maximum absolute atomic E-state index is 5.43. The van der Waals surface area contributed by atoms with Gasteiger partial charge in [-0.2, -0.15) is 0 Å². The largest absolute Gasteiger partial charge is 0.379 e. The Kier molecular flexibility index (Phi) is 2.92. The minimum atomic E-state index is 0.425. The molecule has 1 unspecified atom stereocenters. The van der Waals surface area contributed by atoms with Gasteiger partial charge in [-0.05, 0) is 31.9 Å². The summed E-state index contributed by atoms with van der Waals surface area (Å²) in [5.74, 6) is 0. The Morgan fingerprint density at radius 2 is 2.11 bits per heavy atom. The fraction of sp³-hybridized carbons (Fsp3) is 0.400. The topological polar surface area (TPSA) is 34.2 Å². The summed E-state index contributed by atoms with van der Waals surface area (Å²) in [4.78, 5) is 4.64. The minimum absolute atomic E-state index is 0.425. The van der Waals surface area contributed by atoms with Crippen LogP contribution in [0.3, 0.4) is 0 Å². The number of aromatic nitrogens is 1. The van der Waals surface area contributed by atoms with Gasteiger partial charge in [-0.1, -0.05) is 18.2 Å². The highest BCUT2D eigenvalue weighted by molar-refractivity contribution is 5.93. The zero-order valence-electron chi connectivity index (χ0n) is 10.9. The fourth-order valence-electron chi connectivity index (χ4n) is 2.47. The lowest BCUT2D eigenvalue weighted by atomic mass is 10.1. The molecule has 1 aromatic heterocycles. The standard InChI is InChI=1S/C15H18N2O/c1-10-11(2)16-14-6-4-3-5-13(14)15(10)17-12-7-8-18-9-12/h3-6,12H,7-9H2,1-2H3,(H,16,17). The van der Waals surface area contributed by atoms with Crippen molar-refractivity contribution >= 4 is 16.6 Å². The van der Waals surface area contributed by atoms with Crippen LogP contribution in [0.2, 0.25) is 0 Å². The van der Waals surface area contributed by atoms with E-state index in [9.17, 15) is 0 Å². The van der Waals surface area contributed by atoms with Crippen molar-refractivity contribution in [3.63, 3.8) is 0 Å². The Morgan fingerprint density at radius 3 is 2.89 bits per heavy atom. The Hall–Kier alpha value is -1.61. The molecule has 3 heteroatoms. The van der Waals surface area contributed by atoms with E-state index in [4.69, 9.17) is 4.74 Å². The van der Waals surface area contributed by atoms with Crippen LogP contribution in [-0.4, -0.2) is 24.2 Å². The van der Waals surface area contributed by atoms with Crippen molar-refractivity contribution < 1.29 is 4.74 Å². The van der Waals surface area contributed by atoms with Crippen LogP contribution in [0.5, 0.6) is 0 Å². The molecule has 1 atom stereocenters. The Balaban J connectivity index is 2.09. The summed E-state index contributed by atoms with van der Waals surface area (Å²) in [6.07, 6.45) is 1.08. The first-order valence-corrected chi connectivity index (χ1v) is 6.46. The number of nitrogens with zero attached hydrogens (tertiary/aromatic N) is 1. The molecule has 2 aromatic rings. The van der Waals surface area contributed by atoms with Crippen LogP contribution in [0.4, 0.5) is 5.69 Å². The zero-order chi connectivity index (χ0) is 12.5.